The van der Waals surface area contributed by atoms with Crippen molar-refractivity contribution in [2.75, 3.05) is 0 Å². The van der Waals surface area contributed by atoms with Crippen molar-refractivity contribution < 1.29 is 8.42 Å². The molecule has 0 heterocycles. The fraction of sp³-hybridized carbons (Fsp3) is 0. The second-order valence-electron chi connectivity index (χ2n) is 2.55. The molecule has 8 heteroatoms. The highest BCUT2D eigenvalue weighted by Gasteiger charge is 2.09. The van der Waals surface area contributed by atoms with Crippen molar-refractivity contribution in [2.45, 2.75) is 9.79 Å². The number of thioether (sulfide) groups is 1. The molecule has 0 unspecified atom stereocenters. The van der Waals surface area contributed by atoms with Gasteiger partial charge in [-0.05, 0) is 24.3 Å². The van der Waals surface area contributed by atoms with E-state index in [4.69, 9.17) is 45.5 Å². The second kappa shape index (κ2) is 5.85. The van der Waals surface area contributed by atoms with Gasteiger partial charge in [-0.2, -0.15) is 0 Å². The lowest BCUT2D eigenvalue weighted by atomic mass is 10.4. The van der Waals surface area contributed by atoms with E-state index < -0.39 is 9.05 Å². The highest BCUT2D eigenvalue weighted by molar-refractivity contribution is 8.13. The van der Waals surface area contributed by atoms with Crippen LogP contribution >= 0.6 is 57.2 Å². The summed E-state index contributed by atoms with van der Waals surface area (Å²) < 4.78 is 22.1. The minimum Gasteiger partial charge on any atom is -0.207 e. The second-order valence-corrected chi connectivity index (χ2v) is 7.75. The first-order valence-electron chi connectivity index (χ1n) is 3.74. The van der Waals surface area contributed by atoms with Crippen molar-refractivity contribution in [1.82, 2.24) is 0 Å². The van der Waals surface area contributed by atoms with Gasteiger partial charge in [0.05, 0.1) is 4.90 Å². The first-order valence-corrected chi connectivity index (χ1v) is 8.00. The monoisotopic (exact) mass is 336 g/mol. The molecule has 88 valence electrons. The van der Waals surface area contributed by atoms with E-state index in [0.29, 0.717) is 4.90 Å². The van der Waals surface area contributed by atoms with E-state index in [1.807, 2.05) is 0 Å². The Labute approximate surface area is 117 Å². The quantitative estimate of drug-likeness (QED) is 0.599. The lowest BCUT2D eigenvalue weighted by molar-refractivity contribution is 0.609. The maximum atomic E-state index is 11.0. The van der Waals surface area contributed by atoms with Gasteiger partial charge < -0.3 is 0 Å². The first kappa shape index (κ1) is 14.5. The summed E-state index contributed by atoms with van der Waals surface area (Å²) in [5, 5.41) is 0. The summed E-state index contributed by atoms with van der Waals surface area (Å²) in [5.74, 6) is 0. The molecular weight excluding hydrogens is 334 g/mol. The Hall–Kier alpha value is 0.420. The topological polar surface area (TPSA) is 34.1 Å². The van der Waals surface area contributed by atoms with Gasteiger partial charge in [-0.15, -0.1) is 0 Å². The molecule has 0 aliphatic heterocycles. The molecule has 2 nitrogen and oxygen atoms in total. The molecule has 0 spiro atoms. The van der Waals surface area contributed by atoms with Gasteiger partial charge in [-0.3, -0.25) is 0 Å². The van der Waals surface area contributed by atoms with E-state index >= 15 is 0 Å². The summed E-state index contributed by atoms with van der Waals surface area (Å²) in [6.07, 6.45) is 0. The van der Waals surface area contributed by atoms with Gasteiger partial charge in [0, 0.05) is 15.6 Å². The minimum absolute atomic E-state index is 0.0237. The highest BCUT2D eigenvalue weighted by atomic mass is 35.7. The molecule has 0 atom stereocenters. The van der Waals surface area contributed by atoms with Crippen LogP contribution in [0.3, 0.4) is 0 Å². The molecule has 1 aromatic carbocycles. The SMILES string of the molecule is O=S(=O)(Cl)c1ccc(SC(Cl)=C(Cl)Cl)cc1. The molecule has 0 bridgehead atoms. The number of halogens is 4. The Morgan fingerprint density at radius 3 is 1.94 bits per heavy atom. The van der Waals surface area contributed by atoms with Crippen molar-refractivity contribution in [2.24, 2.45) is 0 Å². The minimum atomic E-state index is -3.70. The van der Waals surface area contributed by atoms with E-state index in [2.05, 4.69) is 0 Å². The van der Waals surface area contributed by atoms with Crippen LogP contribution in [-0.4, -0.2) is 8.42 Å². The van der Waals surface area contributed by atoms with Gasteiger partial charge in [0.1, 0.15) is 8.86 Å². The van der Waals surface area contributed by atoms with Gasteiger partial charge in [-0.25, -0.2) is 8.42 Å². The molecule has 0 amide bonds. The van der Waals surface area contributed by atoms with Gasteiger partial charge in [0.2, 0.25) is 0 Å². The Kier molecular flexibility index (Phi) is 5.29. The maximum Gasteiger partial charge on any atom is 0.261 e. The molecule has 0 aliphatic rings. The van der Waals surface area contributed by atoms with E-state index in [9.17, 15) is 8.42 Å². The maximum absolute atomic E-state index is 11.0. The summed E-state index contributed by atoms with van der Waals surface area (Å²) in [6.45, 7) is 0. The molecule has 0 aliphatic carbocycles. The fourth-order valence-corrected chi connectivity index (χ4v) is 2.64. The number of benzene rings is 1. The normalized spacial score (nSPS) is 11.2. The van der Waals surface area contributed by atoms with Gasteiger partial charge in [-0.1, -0.05) is 46.6 Å². The smallest absolute Gasteiger partial charge is 0.207 e. The third kappa shape index (κ3) is 4.35. The molecule has 0 aromatic heterocycles. The van der Waals surface area contributed by atoms with Crippen molar-refractivity contribution in [3.05, 3.63) is 33.1 Å². The van der Waals surface area contributed by atoms with Crippen LogP contribution in [0.25, 0.3) is 0 Å². The summed E-state index contributed by atoms with van der Waals surface area (Å²) in [4.78, 5) is 0.725. The van der Waals surface area contributed by atoms with Crippen LogP contribution in [0.2, 0.25) is 0 Å². The molecule has 0 saturated carbocycles. The van der Waals surface area contributed by atoms with Crippen molar-refractivity contribution >= 4 is 66.3 Å². The van der Waals surface area contributed by atoms with Crippen molar-refractivity contribution in [1.29, 1.82) is 0 Å². The number of hydrogen-bond acceptors (Lipinski definition) is 3. The summed E-state index contributed by atoms with van der Waals surface area (Å²) >= 11 is 17.7. The van der Waals surface area contributed by atoms with Crippen molar-refractivity contribution in [3.63, 3.8) is 0 Å². The van der Waals surface area contributed by atoms with Crippen LogP contribution < -0.4 is 0 Å². The molecule has 16 heavy (non-hydrogen) atoms. The number of hydrogen-bond donors (Lipinski definition) is 0. The van der Waals surface area contributed by atoms with Crippen molar-refractivity contribution in [3.8, 4) is 0 Å². The average Bonchev–Trinajstić information content (AvgIpc) is 2.17. The van der Waals surface area contributed by atoms with Crippen LogP contribution in [0, 0.1) is 0 Å². The third-order valence-electron chi connectivity index (χ3n) is 1.46. The van der Waals surface area contributed by atoms with Crippen LogP contribution in [0.15, 0.2) is 42.9 Å². The largest absolute Gasteiger partial charge is 0.261 e. The van der Waals surface area contributed by atoms with E-state index in [1.54, 1.807) is 12.1 Å². The van der Waals surface area contributed by atoms with E-state index in [-0.39, 0.29) is 13.8 Å². The Balaban J connectivity index is 2.93. The molecule has 1 aromatic rings. The first-order chi connectivity index (χ1) is 7.30. The zero-order chi connectivity index (χ0) is 12.3. The van der Waals surface area contributed by atoms with E-state index in [1.165, 1.54) is 12.1 Å². The third-order valence-corrected chi connectivity index (χ3v) is 4.94. The lowest BCUT2D eigenvalue weighted by Gasteiger charge is -2.01. The Morgan fingerprint density at radius 1 is 1.06 bits per heavy atom. The summed E-state index contributed by atoms with van der Waals surface area (Å²) in [6, 6.07) is 5.85. The average molecular weight is 338 g/mol. The van der Waals surface area contributed by atoms with Gasteiger partial charge in [0.25, 0.3) is 9.05 Å². The molecule has 0 N–H and O–H groups in total. The number of rotatable bonds is 3. The Morgan fingerprint density at radius 2 is 1.56 bits per heavy atom. The fourth-order valence-electron chi connectivity index (χ4n) is 0.812. The van der Waals surface area contributed by atoms with Gasteiger partial charge >= 0.3 is 0 Å². The van der Waals surface area contributed by atoms with Gasteiger partial charge in [0.15, 0.2) is 0 Å². The molecule has 0 radical (unpaired) electrons. The predicted octanol–water partition coefficient (Wildman–Crippen LogP) is 4.55. The predicted molar refractivity (Wildman–Crippen MR) is 69.9 cm³/mol. The Bertz CT molecular complexity index is 503. The van der Waals surface area contributed by atoms with Crippen LogP contribution in [0.1, 0.15) is 0 Å². The summed E-state index contributed by atoms with van der Waals surface area (Å²) in [7, 11) is 1.46. The zero-order valence-electron chi connectivity index (χ0n) is 7.45. The summed E-state index contributed by atoms with van der Waals surface area (Å²) in [5.41, 5.74) is 0. The van der Waals surface area contributed by atoms with E-state index in [0.717, 1.165) is 11.8 Å². The lowest BCUT2D eigenvalue weighted by Crippen LogP contribution is -1.89. The molecule has 1 rings (SSSR count). The highest BCUT2D eigenvalue weighted by Crippen LogP contribution is 2.35. The van der Waals surface area contributed by atoms with Crippen LogP contribution in [0.4, 0.5) is 0 Å². The van der Waals surface area contributed by atoms with Crippen LogP contribution in [-0.2, 0) is 9.05 Å². The molecule has 0 saturated heterocycles. The van der Waals surface area contributed by atoms with Crippen LogP contribution in [0.5, 0.6) is 0 Å². The molecule has 0 fully saturated rings. The zero-order valence-corrected chi connectivity index (χ0v) is 12.1. The molecular formula is C8H4Cl4O2S2. The standard InChI is InChI=1S/C8H4Cl4O2S2/c9-7(10)8(11)15-5-1-3-6(4-2-5)16(12,13)14/h1-4H.